The van der Waals surface area contributed by atoms with Crippen LogP contribution < -0.4 is 10.2 Å². The van der Waals surface area contributed by atoms with Crippen molar-refractivity contribution < 1.29 is 13.2 Å². The Balaban J connectivity index is 2.07. The number of carbonyl (C=O) groups is 1. The van der Waals surface area contributed by atoms with Gasteiger partial charge in [-0.05, 0) is 43.7 Å². The van der Waals surface area contributed by atoms with E-state index in [1.807, 2.05) is 58.0 Å². The Hall–Kier alpha value is -2.22. The van der Waals surface area contributed by atoms with Crippen LogP contribution in [0.25, 0.3) is 0 Å². The fourth-order valence-corrected chi connectivity index (χ4v) is 4.71. The SMILES string of the molecule is CCN(CC)S(=O)(=O)c1ccc([C@@H](C)N[C@@H](C)C(=O)N(C)c2ccccc2)cc1. The number of sulfonamides is 1. The van der Waals surface area contributed by atoms with E-state index in [1.165, 1.54) is 4.31 Å². The number of anilines is 1. The summed E-state index contributed by atoms with van der Waals surface area (Å²) in [6.45, 7) is 8.32. The van der Waals surface area contributed by atoms with Gasteiger partial charge in [0.05, 0.1) is 10.9 Å². The molecule has 1 amide bonds. The number of likely N-dealkylation sites (N-methyl/N-ethyl adjacent to an activating group) is 1. The van der Waals surface area contributed by atoms with E-state index in [0.717, 1.165) is 11.3 Å². The summed E-state index contributed by atoms with van der Waals surface area (Å²) in [6, 6.07) is 15.8. The molecule has 2 aromatic carbocycles. The predicted octanol–water partition coefficient (Wildman–Crippen LogP) is 3.42. The second-order valence-corrected chi connectivity index (χ2v) is 8.94. The van der Waals surface area contributed by atoms with Gasteiger partial charge in [-0.25, -0.2) is 8.42 Å². The number of hydrogen-bond acceptors (Lipinski definition) is 4. The van der Waals surface area contributed by atoms with Gasteiger partial charge < -0.3 is 4.90 Å². The lowest BCUT2D eigenvalue weighted by molar-refractivity contribution is -0.120. The van der Waals surface area contributed by atoms with Crippen LogP contribution in [0, 0.1) is 0 Å². The topological polar surface area (TPSA) is 69.7 Å². The Bertz CT molecular complexity index is 895. The predicted molar refractivity (Wildman–Crippen MR) is 117 cm³/mol. The first kappa shape index (κ1) is 23.1. The molecule has 2 rings (SSSR count). The molecule has 0 radical (unpaired) electrons. The van der Waals surface area contributed by atoms with E-state index in [0.29, 0.717) is 13.1 Å². The number of para-hydroxylation sites is 1. The molecule has 0 bridgehead atoms. The van der Waals surface area contributed by atoms with Gasteiger partial charge in [-0.15, -0.1) is 0 Å². The molecular formula is C22H31N3O3S. The molecule has 0 unspecified atom stereocenters. The quantitative estimate of drug-likeness (QED) is 0.679. The van der Waals surface area contributed by atoms with Gasteiger partial charge in [-0.2, -0.15) is 4.31 Å². The molecule has 0 aliphatic heterocycles. The van der Waals surface area contributed by atoms with Crippen molar-refractivity contribution in [3.63, 3.8) is 0 Å². The third-order valence-electron chi connectivity index (χ3n) is 5.07. The summed E-state index contributed by atoms with van der Waals surface area (Å²) < 4.78 is 26.7. The number of nitrogens with zero attached hydrogens (tertiary/aromatic N) is 2. The lowest BCUT2D eigenvalue weighted by Gasteiger charge is -2.25. The number of hydrogen-bond donors (Lipinski definition) is 1. The van der Waals surface area contributed by atoms with Crippen molar-refractivity contribution in [3.05, 3.63) is 60.2 Å². The number of rotatable bonds is 9. The zero-order chi connectivity index (χ0) is 21.6. The number of benzene rings is 2. The van der Waals surface area contributed by atoms with Crippen molar-refractivity contribution >= 4 is 21.6 Å². The van der Waals surface area contributed by atoms with E-state index < -0.39 is 16.1 Å². The molecule has 0 aliphatic carbocycles. The van der Waals surface area contributed by atoms with Crippen LogP contribution in [0.5, 0.6) is 0 Å². The van der Waals surface area contributed by atoms with E-state index >= 15 is 0 Å². The van der Waals surface area contributed by atoms with E-state index in [-0.39, 0.29) is 16.8 Å². The summed E-state index contributed by atoms with van der Waals surface area (Å²) >= 11 is 0. The maximum atomic E-state index is 12.7. The number of carbonyl (C=O) groups excluding carboxylic acids is 1. The fourth-order valence-electron chi connectivity index (χ4n) is 3.25. The molecule has 0 saturated heterocycles. The van der Waals surface area contributed by atoms with Gasteiger partial charge in [0.1, 0.15) is 0 Å². The van der Waals surface area contributed by atoms with Crippen molar-refractivity contribution in [3.8, 4) is 0 Å². The van der Waals surface area contributed by atoms with Gasteiger partial charge in [0.15, 0.2) is 0 Å². The zero-order valence-corrected chi connectivity index (χ0v) is 18.6. The first-order valence-corrected chi connectivity index (χ1v) is 11.3. The highest BCUT2D eigenvalue weighted by Gasteiger charge is 2.23. The molecule has 6 nitrogen and oxygen atoms in total. The van der Waals surface area contributed by atoms with Crippen LogP contribution in [0.2, 0.25) is 0 Å². The first-order valence-electron chi connectivity index (χ1n) is 9.91. The monoisotopic (exact) mass is 417 g/mol. The van der Waals surface area contributed by atoms with E-state index in [2.05, 4.69) is 5.32 Å². The molecule has 0 heterocycles. The number of nitrogens with one attached hydrogen (secondary N) is 1. The molecule has 1 N–H and O–H groups in total. The average Bonchev–Trinajstić information content (AvgIpc) is 2.74. The van der Waals surface area contributed by atoms with Crippen molar-refractivity contribution in [2.45, 2.75) is 44.7 Å². The smallest absolute Gasteiger partial charge is 0.243 e. The van der Waals surface area contributed by atoms with Crippen LogP contribution in [-0.4, -0.2) is 44.8 Å². The normalized spacial score (nSPS) is 13.9. The lowest BCUT2D eigenvalue weighted by atomic mass is 10.1. The Morgan fingerprint density at radius 2 is 1.52 bits per heavy atom. The van der Waals surface area contributed by atoms with Gasteiger partial charge in [-0.3, -0.25) is 10.1 Å². The average molecular weight is 418 g/mol. The second-order valence-electron chi connectivity index (χ2n) is 7.00. The maximum absolute atomic E-state index is 12.7. The van der Waals surface area contributed by atoms with Gasteiger partial charge in [0, 0.05) is 31.9 Å². The summed E-state index contributed by atoms with van der Waals surface area (Å²) in [5.41, 5.74) is 1.76. The largest absolute Gasteiger partial charge is 0.314 e. The molecule has 0 saturated carbocycles. The minimum absolute atomic E-state index is 0.0382. The molecule has 0 aromatic heterocycles. The molecule has 158 valence electrons. The van der Waals surface area contributed by atoms with E-state index in [9.17, 15) is 13.2 Å². The van der Waals surface area contributed by atoms with Crippen molar-refractivity contribution in [1.82, 2.24) is 9.62 Å². The van der Waals surface area contributed by atoms with Crippen LogP contribution in [0.15, 0.2) is 59.5 Å². The molecule has 7 heteroatoms. The van der Waals surface area contributed by atoms with E-state index in [1.54, 1.807) is 36.2 Å². The second kappa shape index (κ2) is 10.0. The van der Waals surface area contributed by atoms with Crippen molar-refractivity contribution in [2.24, 2.45) is 0 Å². The summed E-state index contributed by atoms with van der Waals surface area (Å²) in [6.07, 6.45) is 0. The molecule has 0 fully saturated rings. The standard InChI is InChI=1S/C22H31N3O3S/c1-6-25(7-2)29(27,28)21-15-13-19(14-16-21)17(3)23-18(4)22(26)24(5)20-11-9-8-10-12-20/h8-18,23H,6-7H2,1-5H3/t17-,18+/m1/s1. The fraction of sp³-hybridized carbons (Fsp3) is 0.409. The van der Waals surface area contributed by atoms with Crippen LogP contribution in [0.1, 0.15) is 39.3 Å². The van der Waals surface area contributed by atoms with Gasteiger partial charge >= 0.3 is 0 Å². The molecular weight excluding hydrogens is 386 g/mol. The highest BCUT2D eigenvalue weighted by atomic mass is 32.2. The third-order valence-corrected chi connectivity index (χ3v) is 7.13. The third kappa shape index (κ3) is 5.44. The number of amides is 1. The Morgan fingerprint density at radius 3 is 2.03 bits per heavy atom. The summed E-state index contributed by atoms with van der Waals surface area (Å²) in [4.78, 5) is 14.6. The summed E-state index contributed by atoms with van der Waals surface area (Å²) in [5.74, 6) is -0.0382. The summed E-state index contributed by atoms with van der Waals surface area (Å²) in [7, 11) is -1.71. The van der Waals surface area contributed by atoms with Crippen molar-refractivity contribution in [2.75, 3.05) is 25.0 Å². The Labute approximate surface area is 174 Å². The summed E-state index contributed by atoms with van der Waals surface area (Å²) in [5, 5.41) is 3.30. The van der Waals surface area contributed by atoms with Crippen LogP contribution in [0.4, 0.5) is 5.69 Å². The minimum Gasteiger partial charge on any atom is -0.314 e. The minimum atomic E-state index is -3.47. The van der Waals surface area contributed by atoms with Crippen molar-refractivity contribution in [1.29, 1.82) is 0 Å². The zero-order valence-electron chi connectivity index (χ0n) is 17.8. The van der Waals surface area contributed by atoms with Crippen LogP contribution >= 0.6 is 0 Å². The molecule has 0 aliphatic rings. The lowest BCUT2D eigenvalue weighted by Crippen LogP contribution is -2.44. The highest BCUT2D eigenvalue weighted by Crippen LogP contribution is 2.20. The Morgan fingerprint density at radius 1 is 0.966 bits per heavy atom. The van der Waals surface area contributed by atoms with Gasteiger partial charge in [0.25, 0.3) is 0 Å². The van der Waals surface area contributed by atoms with Crippen LogP contribution in [-0.2, 0) is 14.8 Å². The molecule has 29 heavy (non-hydrogen) atoms. The van der Waals surface area contributed by atoms with E-state index in [4.69, 9.17) is 0 Å². The van der Waals surface area contributed by atoms with Crippen LogP contribution in [0.3, 0.4) is 0 Å². The van der Waals surface area contributed by atoms with Gasteiger partial charge in [-0.1, -0.05) is 44.2 Å². The first-order chi connectivity index (χ1) is 13.7. The molecule has 0 spiro atoms. The highest BCUT2D eigenvalue weighted by molar-refractivity contribution is 7.89. The maximum Gasteiger partial charge on any atom is 0.243 e. The molecule has 2 atom stereocenters. The molecule has 2 aromatic rings. The van der Waals surface area contributed by atoms with Gasteiger partial charge in [0.2, 0.25) is 15.9 Å². The Kier molecular flexibility index (Phi) is 7.96.